The summed E-state index contributed by atoms with van der Waals surface area (Å²) >= 11 is 12.3. The third kappa shape index (κ3) is 5.86. The minimum absolute atomic E-state index is 0.0235. The van der Waals surface area contributed by atoms with Crippen LogP contribution in [0.1, 0.15) is 23.6 Å². The Kier molecular flexibility index (Phi) is 7.76. The summed E-state index contributed by atoms with van der Waals surface area (Å²) in [5.74, 6) is 0.758. The Bertz CT molecular complexity index is 945. The average molecular weight is 434 g/mol. The van der Waals surface area contributed by atoms with Crippen LogP contribution < -0.4 is 14.8 Å². The summed E-state index contributed by atoms with van der Waals surface area (Å²) in [7, 11) is 0. The zero-order valence-corrected chi connectivity index (χ0v) is 17.6. The first-order chi connectivity index (χ1) is 14.1. The van der Waals surface area contributed by atoms with Crippen LogP contribution in [0.4, 0.5) is 4.39 Å². The maximum atomic E-state index is 14.0. The highest BCUT2D eigenvalue weighted by atomic mass is 35.5. The monoisotopic (exact) mass is 433 g/mol. The van der Waals surface area contributed by atoms with Gasteiger partial charge in [-0.1, -0.05) is 53.5 Å². The maximum absolute atomic E-state index is 14.0. The van der Waals surface area contributed by atoms with E-state index in [2.05, 4.69) is 5.32 Å². The minimum atomic E-state index is -0.393. The quantitative estimate of drug-likeness (QED) is 0.423. The van der Waals surface area contributed by atoms with E-state index in [4.69, 9.17) is 32.7 Å². The van der Waals surface area contributed by atoms with Crippen LogP contribution in [0.3, 0.4) is 0 Å². The topological polar surface area (TPSA) is 30.5 Å². The van der Waals surface area contributed by atoms with Gasteiger partial charge >= 0.3 is 0 Å². The van der Waals surface area contributed by atoms with Gasteiger partial charge in [0, 0.05) is 23.7 Å². The van der Waals surface area contributed by atoms with E-state index < -0.39 is 5.82 Å². The molecule has 0 atom stereocenters. The van der Waals surface area contributed by atoms with Crippen LogP contribution in [0.2, 0.25) is 10.0 Å². The highest BCUT2D eigenvalue weighted by molar-refractivity contribution is 6.31. The lowest BCUT2D eigenvalue weighted by Gasteiger charge is -2.15. The lowest BCUT2D eigenvalue weighted by atomic mass is 10.1. The molecule has 3 aromatic rings. The summed E-state index contributed by atoms with van der Waals surface area (Å²) in [5, 5.41) is 4.45. The van der Waals surface area contributed by atoms with Gasteiger partial charge in [0.2, 0.25) is 0 Å². The molecule has 152 valence electrons. The Hall–Kier alpha value is -2.27. The smallest absolute Gasteiger partial charge is 0.161 e. The van der Waals surface area contributed by atoms with Crippen LogP contribution in [-0.4, -0.2) is 6.61 Å². The summed E-state index contributed by atoms with van der Waals surface area (Å²) in [6.07, 6.45) is 0. The Morgan fingerprint density at radius 2 is 1.66 bits per heavy atom. The number of ether oxygens (including phenoxy) is 2. The van der Waals surface area contributed by atoms with Crippen molar-refractivity contribution in [2.45, 2.75) is 26.6 Å². The van der Waals surface area contributed by atoms with Gasteiger partial charge in [-0.2, -0.15) is 0 Å². The molecule has 0 spiro atoms. The van der Waals surface area contributed by atoms with Crippen LogP contribution in [0.15, 0.2) is 60.7 Å². The van der Waals surface area contributed by atoms with E-state index in [0.717, 1.165) is 16.1 Å². The summed E-state index contributed by atoms with van der Waals surface area (Å²) < 4.78 is 25.5. The molecule has 3 rings (SSSR count). The molecule has 0 heterocycles. The van der Waals surface area contributed by atoms with E-state index in [0.29, 0.717) is 41.8 Å². The first-order valence-electron chi connectivity index (χ1n) is 9.34. The lowest BCUT2D eigenvalue weighted by molar-refractivity contribution is 0.265. The second-order valence-corrected chi connectivity index (χ2v) is 7.21. The van der Waals surface area contributed by atoms with Gasteiger partial charge in [-0.05, 0) is 48.4 Å². The molecule has 0 amide bonds. The van der Waals surface area contributed by atoms with Gasteiger partial charge in [0.1, 0.15) is 12.4 Å². The molecule has 6 heteroatoms. The van der Waals surface area contributed by atoms with E-state index in [1.807, 2.05) is 49.4 Å². The summed E-state index contributed by atoms with van der Waals surface area (Å²) in [5.41, 5.74) is 2.40. The van der Waals surface area contributed by atoms with E-state index >= 15 is 0 Å². The number of hydrogen-bond donors (Lipinski definition) is 1. The van der Waals surface area contributed by atoms with Crippen molar-refractivity contribution < 1.29 is 13.9 Å². The third-order valence-corrected chi connectivity index (χ3v) is 5.07. The Morgan fingerprint density at radius 3 is 2.41 bits per heavy atom. The fourth-order valence-electron chi connectivity index (χ4n) is 2.85. The SMILES string of the molecule is CCOc1cc(CNCc2ccccc2Cl)ccc1OCc1c(F)cccc1Cl. The molecule has 1 N–H and O–H groups in total. The highest BCUT2D eigenvalue weighted by Crippen LogP contribution is 2.30. The fourth-order valence-corrected chi connectivity index (χ4v) is 3.27. The second kappa shape index (κ2) is 10.5. The van der Waals surface area contributed by atoms with E-state index in [1.165, 1.54) is 6.07 Å². The van der Waals surface area contributed by atoms with Crippen molar-refractivity contribution >= 4 is 23.2 Å². The summed E-state index contributed by atoms with van der Waals surface area (Å²) in [6.45, 7) is 3.72. The van der Waals surface area contributed by atoms with E-state index in [-0.39, 0.29) is 6.61 Å². The Labute approximate surface area is 180 Å². The van der Waals surface area contributed by atoms with Gasteiger partial charge in [0.05, 0.1) is 11.6 Å². The number of rotatable bonds is 9. The molecule has 0 aromatic heterocycles. The second-order valence-electron chi connectivity index (χ2n) is 6.40. The van der Waals surface area contributed by atoms with Crippen LogP contribution in [0, 0.1) is 5.82 Å². The molecule has 0 aliphatic carbocycles. The molecule has 0 saturated carbocycles. The van der Waals surface area contributed by atoms with Crippen molar-refractivity contribution in [3.8, 4) is 11.5 Å². The van der Waals surface area contributed by atoms with Crippen molar-refractivity contribution in [1.29, 1.82) is 0 Å². The van der Waals surface area contributed by atoms with Crippen molar-refractivity contribution in [3.05, 3.63) is 93.2 Å². The molecule has 0 bridgehead atoms. The van der Waals surface area contributed by atoms with Crippen molar-refractivity contribution in [2.24, 2.45) is 0 Å². The van der Waals surface area contributed by atoms with Crippen LogP contribution in [0.5, 0.6) is 11.5 Å². The van der Waals surface area contributed by atoms with Gasteiger partial charge < -0.3 is 14.8 Å². The molecule has 3 nitrogen and oxygen atoms in total. The van der Waals surface area contributed by atoms with Gasteiger partial charge in [-0.3, -0.25) is 0 Å². The molecular weight excluding hydrogens is 412 g/mol. The highest BCUT2D eigenvalue weighted by Gasteiger charge is 2.11. The van der Waals surface area contributed by atoms with Crippen LogP contribution in [0.25, 0.3) is 0 Å². The fraction of sp³-hybridized carbons (Fsp3) is 0.217. The zero-order valence-electron chi connectivity index (χ0n) is 16.1. The van der Waals surface area contributed by atoms with Crippen molar-refractivity contribution in [2.75, 3.05) is 6.61 Å². The third-order valence-electron chi connectivity index (χ3n) is 4.34. The van der Waals surface area contributed by atoms with Gasteiger partial charge in [0.25, 0.3) is 0 Å². The first kappa shape index (κ1) is 21.4. The first-order valence-corrected chi connectivity index (χ1v) is 10.1. The van der Waals surface area contributed by atoms with Crippen LogP contribution >= 0.6 is 23.2 Å². The zero-order chi connectivity index (χ0) is 20.6. The van der Waals surface area contributed by atoms with E-state index in [1.54, 1.807) is 12.1 Å². The molecule has 0 radical (unpaired) electrons. The number of hydrogen-bond acceptors (Lipinski definition) is 3. The molecule has 0 aliphatic rings. The van der Waals surface area contributed by atoms with E-state index in [9.17, 15) is 4.39 Å². The molecule has 0 saturated heterocycles. The molecule has 3 aromatic carbocycles. The molecule has 0 aliphatic heterocycles. The van der Waals surface area contributed by atoms with Crippen molar-refractivity contribution in [1.82, 2.24) is 5.32 Å². The van der Waals surface area contributed by atoms with Gasteiger partial charge in [0.15, 0.2) is 11.5 Å². The number of nitrogens with one attached hydrogen (secondary N) is 1. The average Bonchev–Trinajstić information content (AvgIpc) is 2.70. The lowest BCUT2D eigenvalue weighted by Crippen LogP contribution is -2.13. The van der Waals surface area contributed by atoms with Crippen LogP contribution in [-0.2, 0) is 19.7 Å². The molecule has 0 fully saturated rings. The normalized spacial score (nSPS) is 10.8. The standard InChI is InChI=1S/C23H22Cl2FNO2/c1-2-28-23-12-16(13-27-14-17-6-3-4-7-19(17)24)10-11-22(23)29-15-18-20(25)8-5-9-21(18)26/h3-12,27H,2,13-15H2,1H3. The summed E-state index contributed by atoms with van der Waals surface area (Å²) in [6, 6.07) is 18.0. The molecular formula is C23H22Cl2FNO2. The largest absolute Gasteiger partial charge is 0.490 e. The predicted octanol–water partition coefficient (Wildman–Crippen LogP) is 6.40. The predicted molar refractivity (Wildman–Crippen MR) is 115 cm³/mol. The van der Waals surface area contributed by atoms with Gasteiger partial charge in [-0.25, -0.2) is 4.39 Å². The van der Waals surface area contributed by atoms with Gasteiger partial charge in [-0.15, -0.1) is 0 Å². The molecule has 0 unspecified atom stereocenters. The maximum Gasteiger partial charge on any atom is 0.161 e. The molecule has 29 heavy (non-hydrogen) atoms. The Morgan fingerprint density at radius 1 is 0.862 bits per heavy atom. The number of benzene rings is 3. The van der Waals surface area contributed by atoms with Crippen molar-refractivity contribution in [3.63, 3.8) is 0 Å². The minimum Gasteiger partial charge on any atom is -0.490 e. The Balaban J connectivity index is 1.66. The number of halogens is 3. The summed E-state index contributed by atoms with van der Waals surface area (Å²) in [4.78, 5) is 0.